The van der Waals surface area contributed by atoms with Crippen LogP contribution < -0.4 is 9.47 Å². The summed E-state index contributed by atoms with van der Waals surface area (Å²) in [5.74, 6) is 1.39. The van der Waals surface area contributed by atoms with Gasteiger partial charge in [-0.25, -0.2) is 9.97 Å². The van der Waals surface area contributed by atoms with Crippen LogP contribution in [0.2, 0.25) is 0 Å². The molecule has 2 aromatic rings. The fourth-order valence-electron chi connectivity index (χ4n) is 3.74. The summed E-state index contributed by atoms with van der Waals surface area (Å²) in [5.41, 5.74) is 1.02. The van der Waals surface area contributed by atoms with Gasteiger partial charge >= 0.3 is 0 Å². The average Bonchev–Trinajstić information content (AvgIpc) is 2.62. The summed E-state index contributed by atoms with van der Waals surface area (Å²) in [7, 11) is 1.66. The Morgan fingerprint density at radius 1 is 1.20 bits per heavy atom. The third-order valence-corrected chi connectivity index (χ3v) is 4.83. The lowest BCUT2D eigenvalue weighted by molar-refractivity contribution is -0.188. The Labute approximate surface area is 147 Å². The van der Waals surface area contributed by atoms with E-state index in [1.54, 1.807) is 19.5 Å². The summed E-state index contributed by atoms with van der Waals surface area (Å²) < 4.78 is 17.5. The van der Waals surface area contributed by atoms with Gasteiger partial charge in [0, 0.05) is 56.5 Å². The third kappa shape index (κ3) is 3.60. The summed E-state index contributed by atoms with van der Waals surface area (Å²) >= 11 is 0. The van der Waals surface area contributed by atoms with Crippen LogP contribution in [0.1, 0.15) is 18.4 Å². The number of hydrogen-bond acceptors (Lipinski definition) is 6. The zero-order valence-corrected chi connectivity index (χ0v) is 14.4. The van der Waals surface area contributed by atoms with E-state index in [0.29, 0.717) is 11.8 Å². The van der Waals surface area contributed by atoms with E-state index in [0.717, 1.165) is 44.6 Å². The largest absolute Gasteiger partial charge is 0.481 e. The molecule has 6 heteroatoms. The molecule has 1 atom stereocenters. The van der Waals surface area contributed by atoms with Gasteiger partial charge in [-0.3, -0.25) is 4.90 Å². The monoisotopic (exact) mass is 341 g/mol. The molecule has 2 aromatic heterocycles. The van der Waals surface area contributed by atoms with Crippen molar-refractivity contribution in [3.63, 3.8) is 0 Å². The Balaban J connectivity index is 1.33. The quantitative estimate of drug-likeness (QED) is 0.832. The molecule has 2 fully saturated rings. The van der Waals surface area contributed by atoms with Crippen LogP contribution in [0.25, 0.3) is 0 Å². The van der Waals surface area contributed by atoms with E-state index in [9.17, 15) is 0 Å². The molecule has 6 nitrogen and oxygen atoms in total. The number of likely N-dealkylation sites (tertiary alicyclic amines) is 1. The van der Waals surface area contributed by atoms with Gasteiger partial charge in [0.05, 0.1) is 19.3 Å². The lowest BCUT2D eigenvalue weighted by Crippen LogP contribution is -2.65. The smallest absolute Gasteiger partial charge is 0.217 e. The summed E-state index contributed by atoms with van der Waals surface area (Å²) in [6.45, 7) is 3.38. The minimum atomic E-state index is -0.0901. The van der Waals surface area contributed by atoms with Crippen LogP contribution in [0.3, 0.4) is 0 Å². The molecule has 2 aliphatic rings. The highest BCUT2D eigenvalue weighted by atomic mass is 16.5. The van der Waals surface area contributed by atoms with E-state index in [1.807, 2.05) is 24.3 Å². The Kier molecular flexibility index (Phi) is 4.55. The first-order valence-electron chi connectivity index (χ1n) is 8.68. The van der Waals surface area contributed by atoms with Gasteiger partial charge in [-0.15, -0.1) is 0 Å². The lowest BCUT2D eigenvalue weighted by atomic mass is 9.84. The average molecular weight is 341 g/mol. The fraction of sp³-hybridized carbons (Fsp3) is 0.474. The maximum absolute atomic E-state index is 6.10. The van der Waals surface area contributed by atoms with Gasteiger partial charge in [-0.2, -0.15) is 0 Å². The molecular weight excluding hydrogens is 318 g/mol. The molecular formula is C19H23N3O3. The SMILES string of the molecule is COc1ncccc1CN1CC2(CC(Oc3ccccn3)CCO2)C1. The fourth-order valence-corrected chi connectivity index (χ4v) is 3.74. The highest BCUT2D eigenvalue weighted by Crippen LogP contribution is 2.36. The molecule has 4 rings (SSSR count). The first kappa shape index (κ1) is 16.3. The van der Waals surface area contributed by atoms with Crippen molar-refractivity contribution in [1.29, 1.82) is 0 Å². The Bertz CT molecular complexity index is 704. The number of nitrogens with zero attached hydrogens (tertiary/aromatic N) is 3. The van der Waals surface area contributed by atoms with Gasteiger partial charge in [0.2, 0.25) is 11.8 Å². The number of hydrogen-bond donors (Lipinski definition) is 0. The molecule has 25 heavy (non-hydrogen) atoms. The highest BCUT2D eigenvalue weighted by molar-refractivity contribution is 5.26. The summed E-state index contributed by atoms with van der Waals surface area (Å²) in [6, 6.07) is 9.76. The van der Waals surface area contributed by atoms with E-state index in [1.165, 1.54) is 0 Å². The maximum Gasteiger partial charge on any atom is 0.217 e. The number of pyridine rings is 2. The van der Waals surface area contributed by atoms with Crippen LogP contribution >= 0.6 is 0 Å². The Morgan fingerprint density at radius 3 is 2.88 bits per heavy atom. The Morgan fingerprint density at radius 2 is 2.08 bits per heavy atom. The molecule has 1 unspecified atom stereocenters. The van der Waals surface area contributed by atoms with Crippen molar-refractivity contribution in [3.05, 3.63) is 48.3 Å². The molecule has 0 amide bonds. The van der Waals surface area contributed by atoms with E-state index < -0.39 is 0 Å². The second-order valence-corrected chi connectivity index (χ2v) is 6.75. The van der Waals surface area contributed by atoms with Crippen molar-refractivity contribution < 1.29 is 14.2 Å². The van der Waals surface area contributed by atoms with Crippen molar-refractivity contribution in [1.82, 2.24) is 14.9 Å². The van der Waals surface area contributed by atoms with Crippen LogP contribution in [0.15, 0.2) is 42.7 Å². The molecule has 0 aromatic carbocycles. The van der Waals surface area contributed by atoms with E-state index in [-0.39, 0.29) is 11.7 Å². The number of aromatic nitrogens is 2. The molecule has 0 N–H and O–H groups in total. The maximum atomic E-state index is 6.10. The zero-order chi connectivity index (χ0) is 17.1. The van der Waals surface area contributed by atoms with Gasteiger partial charge in [-0.1, -0.05) is 12.1 Å². The van der Waals surface area contributed by atoms with Crippen LogP contribution in [-0.2, 0) is 11.3 Å². The molecule has 1 spiro atoms. The summed E-state index contributed by atoms with van der Waals surface area (Å²) in [4.78, 5) is 10.9. The molecule has 0 bridgehead atoms. The standard InChI is InChI=1S/C19H23N3O3/c1-23-18-15(5-4-9-21-18)12-22-13-19(14-22)11-16(7-10-24-19)25-17-6-2-3-8-20-17/h2-6,8-9,16H,7,10-14H2,1H3. The van der Waals surface area contributed by atoms with Crippen LogP contribution in [0.4, 0.5) is 0 Å². The van der Waals surface area contributed by atoms with E-state index >= 15 is 0 Å². The molecule has 4 heterocycles. The van der Waals surface area contributed by atoms with Crippen molar-refractivity contribution in [3.8, 4) is 11.8 Å². The third-order valence-electron chi connectivity index (χ3n) is 4.83. The minimum Gasteiger partial charge on any atom is -0.481 e. The first-order valence-corrected chi connectivity index (χ1v) is 8.68. The molecule has 0 radical (unpaired) electrons. The number of ether oxygens (including phenoxy) is 3. The van der Waals surface area contributed by atoms with Crippen LogP contribution in [0, 0.1) is 0 Å². The lowest BCUT2D eigenvalue weighted by Gasteiger charge is -2.53. The van der Waals surface area contributed by atoms with Gasteiger partial charge < -0.3 is 14.2 Å². The summed E-state index contributed by atoms with van der Waals surface area (Å²) in [6.07, 6.45) is 5.50. The van der Waals surface area contributed by atoms with Gasteiger partial charge in [0.25, 0.3) is 0 Å². The molecule has 0 aliphatic carbocycles. The van der Waals surface area contributed by atoms with Crippen LogP contribution in [-0.4, -0.2) is 53.4 Å². The normalized spacial score (nSPS) is 22.4. The Hall–Kier alpha value is -2.18. The zero-order valence-electron chi connectivity index (χ0n) is 14.4. The molecule has 2 aliphatic heterocycles. The summed E-state index contributed by atoms with van der Waals surface area (Å²) in [5, 5.41) is 0. The molecule has 132 valence electrons. The van der Waals surface area contributed by atoms with Crippen molar-refractivity contribution >= 4 is 0 Å². The molecule has 0 saturated carbocycles. The number of methoxy groups -OCH3 is 1. The van der Waals surface area contributed by atoms with Gasteiger partial charge in [-0.05, 0) is 12.1 Å². The highest BCUT2D eigenvalue weighted by Gasteiger charge is 2.48. The van der Waals surface area contributed by atoms with Crippen molar-refractivity contribution in [2.24, 2.45) is 0 Å². The van der Waals surface area contributed by atoms with Gasteiger partial charge in [0.15, 0.2) is 0 Å². The van der Waals surface area contributed by atoms with Crippen LogP contribution in [0.5, 0.6) is 11.8 Å². The molecule has 2 saturated heterocycles. The predicted octanol–water partition coefficient (Wildman–Crippen LogP) is 2.30. The van der Waals surface area contributed by atoms with E-state index in [4.69, 9.17) is 14.2 Å². The van der Waals surface area contributed by atoms with Crippen molar-refractivity contribution in [2.75, 3.05) is 26.8 Å². The first-order chi connectivity index (χ1) is 12.3. The second kappa shape index (κ2) is 6.98. The van der Waals surface area contributed by atoms with E-state index in [2.05, 4.69) is 20.9 Å². The second-order valence-electron chi connectivity index (χ2n) is 6.75. The van der Waals surface area contributed by atoms with Crippen molar-refractivity contribution in [2.45, 2.75) is 31.1 Å². The number of rotatable bonds is 5. The topological polar surface area (TPSA) is 56.7 Å². The minimum absolute atomic E-state index is 0.0901. The predicted molar refractivity (Wildman–Crippen MR) is 92.6 cm³/mol. The van der Waals surface area contributed by atoms with Gasteiger partial charge in [0.1, 0.15) is 6.10 Å².